The van der Waals surface area contributed by atoms with E-state index in [1.807, 2.05) is 58.0 Å². The van der Waals surface area contributed by atoms with Gasteiger partial charge in [0, 0.05) is 0 Å². The zero-order chi connectivity index (χ0) is 24.3. The van der Waals surface area contributed by atoms with Gasteiger partial charge in [0.2, 0.25) is 11.8 Å². The van der Waals surface area contributed by atoms with Gasteiger partial charge < -0.3 is 25.8 Å². The van der Waals surface area contributed by atoms with Gasteiger partial charge in [-0.3, -0.25) is 14.4 Å². The lowest BCUT2D eigenvalue weighted by Gasteiger charge is -2.25. The summed E-state index contributed by atoms with van der Waals surface area (Å²) in [4.78, 5) is 48.8. The van der Waals surface area contributed by atoms with Crippen LogP contribution < -0.4 is 16.0 Å². The Balaban J connectivity index is 2.81. The molecule has 1 rings (SSSR count). The van der Waals surface area contributed by atoms with E-state index in [0.717, 1.165) is 5.56 Å². The molecule has 0 heterocycles. The second-order valence-corrected chi connectivity index (χ2v) is 8.65. The summed E-state index contributed by atoms with van der Waals surface area (Å²) < 4.78 is 5.21. The number of hydrogen-bond acceptors (Lipinski definition) is 5. The maximum absolute atomic E-state index is 12.9. The van der Waals surface area contributed by atoms with Crippen molar-refractivity contribution in [1.82, 2.24) is 16.0 Å². The molecular formula is C23H35N3O6. The Morgan fingerprint density at radius 2 is 1.31 bits per heavy atom. The van der Waals surface area contributed by atoms with Crippen LogP contribution in [0.5, 0.6) is 0 Å². The van der Waals surface area contributed by atoms with E-state index in [1.54, 1.807) is 0 Å². The molecular weight excluding hydrogens is 414 g/mol. The quantitative estimate of drug-likeness (QED) is 0.387. The van der Waals surface area contributed by atoms with E-state index < -0.39 is 42.0 Å². The number of nitrogens with one attached hydrogen (secondary N) is 3. The van der Waals surface area contributed by atoms with E-state index in [1.165, 1.54) is 6.92 Å². The average molecular weight is 450 g/mol. The number of hydrogen-bond donors (Lipinski definition) is 4. The Kier molecular flexibility index (Phi) is 11.2. The van der Waals surface area contributed by atoms with Gasteiger partial charge in [-0.25, -0.2) is 4.79 Å². The third-order valence-corrected chi connectivity index (χ3v) is 4.60. The van der Waals surface area contributed by atoms with Gasteiger partial charge in [-0.05, 0) is 37.2 Å². The fraction of sp³-hybridized carbons (Fsp3) is 0.565. The van der Waals surface area contributed by atoms with Crippen molar-refractivity contribution in [2.75, 3.05) is 0 Å². The molecule has 0 saturated heterocycles. The Labute approximate surface area is 189 Å². The molecule has 1 aromatic carbocycles. The van der Waals surface area contributed by atoms with Crippen molar-refractivity contribution in [3.63, 3.8) is 0 Å². The zero-order valence-electron chi connectivity index (χ0n) is 19.4. The number of alkyl carbamates (subject to hydrolysis) is 1. The van der Waals surface area contributed by atoms with Crippen LogP contribution in [-0.2, 0) is 25.7 Å². The van der Waals surface area contributed by atoms with Gasteiger partial charge in [-0.1, -0.05) is 58.0 Å². The van der Waals surface area contributed by atoms with Crippen LogP contribution in [0.3, 0.4) is 0 Å². The lowest BCUT2D eigenvalue weighted by molar-refractivity contribution is -0.141. The monoisotopic (exact) mass is 449 g/mol. The highest BCUT2D eigenvalue weighted by atomic mass is 16.5. The Morgan fingerprint density at radius 3 is 1.81 bits per heavy atom. The van der Waals surface area contributed by atoms with E-state index in [-0.39, 0.29) is 18.4 Å². The molecule has 178 valence electrons. The van der Waals surface area contributed by atoms with Crippen LogP contribution in [0.25, 0.3) is 0 Å². The van der Waals surface area contributed by atoms with E-state index in [2.05, 4.69) is 16.0 Å². The molecule has 0 aliphatic carbocycles. The Morgan fingerprint density at radius 1 is 0.812 bits per heavy atom. The number of carbonyl (C=O) groups excluding carboxylic acids is 3. The SMILES string of the molecule is CC(C)C[C@H](NC(=O)OCc1ccccc1)C(=O)N[C@@H](CC(C)C)C(=O)N[C@@H](C)C(=O)O. The average Bonchev–Trinajstić information content (AvgIpc) is 2.71. The summed E-state index contributed by atoms with van der Waals surface area (Å²) >= 11 is 0. The summed E-state index contributed by atoms with van der Waals surface area (Å²) in [6, 6.07) is 6.23. The molecule has 9 heteroatoms. The summed E-state index contributed by atoms with van der Waals surface area (Å²) in [7, 11) is 0. The van der Waals surface area contributed by atoms with E-state index in [0.29, 0.717) is 12.8 Å². The maximum Gasteiger partial charge on any atom is 0.408 e. The first-order chi connectivity index (χ1) is 15.0. The van der Waals surface area contributed by atoms with Crippen molar-refractivity contribution >= 4 is 23.9 Å². The number of benzene rings is 1. The number of aliphatic carboxylic acids is 1. The molecule has 0 aliphatic rings. The van der Waals surface area contributed by atoms with E-state index in [4.69, 9.17) is 9.84 Å². The lowest BCUT2D eigenvalue weighted by Crippen LogP contribution is -2.56. The third kappa shape index (κ3) is 10.3. The van der Waals surface area contributed by atoms with Crippen molar-refractivity contribution < 1.29 is 29.0 Å². The molecule has 32 heavy (non-hydrogen) atoms. The topological polar surface area (TPSA) is 134 Å². The molecule has 0 bridgehead atoms. The molecule has 0 radical (unpaired) electrons. The predicted octanol–water partition coefficient (Wildman–Crippen LogP) is 2.45. The van der Waals surface area contributed by atoms with Crippen LogP contribution >= 0.6 is 0 Å². The van der Waals surface area contributed by atoms with Crippen LogP contribution in [0.15, 0.2) is 30.3 Å². The van der Waals surface area contributed by atoms with Gasteiger partial charge >= 0.3 is 12.1 Å². The van der Waals surface area contributed by atoms with Gasteiger partial charge in [0.1, 0.15) is 24.7 Å². The van der Waals surface area contributed by atoms with Gasteiger partial charge in [0.05, 0.1) is 0 Å². The Bertz CT molecular complexity index is 766. The third-order valence-electron chi connectivity index (χ3n) is 4.60. The van der Waals surface area contributed by atoms with Crippen molar-refractivity contribution in [3.8, 4) is 0 Å². The first kappa shape index (κ1) is 26.9. The minimum absolute atomic E-state index is 0.0636. The number of carboxylic acid groups (broad SMARTS) is 1. The van der Waals surface area contributed by atoms with Gasteiger partial charge in [-0.15, -0.1) is 0 Å². The first-order valence-electron chi connectivity index (χ1n) is 10.8. The van der Waals surface area contributed by atoms with Crippen LogP contribution in [0, 0.1) is 11.8 Å². The molecule has 0 fully saturated rings. The molecule has 0 aliphatic heterocycles. The predicted molar refractivity (Wildman–Crippen MR) is 120 cm³/mol. The molecule has 1 aromatic rings. The molecule has 0 aromatic heterocycles. The van der Waals surface area contributed by atoms with Gasteiger partial charge in [-0.2, -0.15) is 0 Å². The van der Waals surface area contributed by atoms with Crippen molar-refractivity contribution in [1.29, 1.82) is 0 Å². The molecule has 3 atom stereocenters. The lowest BCUT2D eigenvalue weighted by atomic mass is 10.00. The van der Waals surface area contributed by atoms with E-state index >= 15 is 0 Å². The highest BCUT2D eigenvalue weighted by Crippen LogP contribution is 2.10. The summed E-state index contributed by atoms with van der Waals surface area (Å²) in [5.41, 5.74) is 0.814. The molecule has 4 N–H and O–H groups in total. The molecule has 0 saturated carbocycles. The number of carbonyl (C=O) groups is 4. The first-order valence-corrected chi connectivity index (χ1v) is 10.8. The number of ether oxygens (including phenoxy) is 1. The summed E-state index contributed by atoms with van der Waals surface area (Å²) in [6.07, 6.45) is -0.0797. The van der Waals surface area contributed by atoms with Crippen LogP contribution in [0.4, 0.5) is 4.79 Å². The maximum atomic E-state index is 12.9. The minimum atomic E-state index is -1.17. The largest absolute Gasteiger partial charge is 0.480 e. The summed E-state index contributed by atoms with van der Waals surface area (Å²) in [5.74, 6) is -2.13. The highest BCUT2D eigenvalue weighted by molar-refractivity contribution is 5.92. The minimum Gasteiger partial charge on any atom is -0.480 e. The van der Waals surface area contributed by atoms with Gasteiger partial charge in [0.15, 0.2) is 0 Å². The van der Waals surface area contributed by atoms with E-state index in [9.17, 15) is 19.2 Å². The Hall–Kier alpha value is -3.10. The molecule has 3 amide bonds. The van der Waals surface area contributed by atoms with Gasteiger partial charge in [0.25, 0.3) is 0 Å². The zero-order valence-corrected chi connectivity index (χ0v) is 19.4. The fourth-order valence-electron chi connectivity index (χ4n) is 2.96. The second kappa shape index (κ2) is 13.3. The van der Waals surface area contributed by atoms with Crippen molar-refractivity contribution in [2.24, 2.45) is 11.8 Å². The normalized spacial score (nSPS) is 13.7. The smallest absolute Gasteiger partial charge is 0.408 e. The van der Waals surface area contributed by atoms with Crippen molar-refractivity contribution in [2.45, 2.75) is 72.2 Å². The van der Waals surface area contributed by atoms with Crippen LogP contribution in [-0.4, -0.2) is 47.1 Å². The van der Waals surface area contributed by atoms with Crippen molar-refractivity contribution in [3.05, 3.63) is 35.9 Å². The standard InChI is InChI=1S/C23H35N3O6/c1-14(2)11-18(20(27)24-16(5)22(29)30)25-21(28)19(12-15(3)4)26-23(31)32-13-17-9-7-6-8-10-17/h6-10,14-16,18-19H,11-13H2,1-5H3,(H,24,27)(H,25,28)(H,26,31)(H,29,30)/t16-,18-,19-/m0/s1. The number of rotatable bonds is 12. The second-order valence-electron chi connectivity index (χ2n) is 8.65. The molecule has 0 spiro atoms. The number of carboxylic acids is 1. The highest BCUT2D eigenvalue weighted by Gasteiger charge is 2.29. The fourth-order valence-corrected chi connectivity index (χ4v) is 2.96. The molecule has 9 nitrogen and oxygen atoms in total. The summed E-state index contributed by atoms with van der Waals surface area (Å²) in [5, 5.41) is 16.7. The number of amides is 3. The summed E-state index contributed by atoms with van der Waals surface area (Å²) in [6.45, 7) is 9.00. The van der Waals surface area contributed by atoms with Crippen LogP contribution in [0.1, 0.15) is 53.0 Å². The van der Waals surface area contributed by atoms with Crippen LogP contribution in [0.2, 0.25) is 0 Å². The molecule has 0 unspecified atom stereocenters.